The normalized spacial score (nSPS) is 16.2. The van der Waals surface area contributed by atoms with Crippen LogP contribution in [0.25, 0.3) is 0 Å². The number of benzene rings is 1. The topological polar surface area (TPSA) is 42.2 Å². The molecule has 1 heterocycles. The third-order valence-corrected chi connectivity index (χ3v) is 3.81. The molecule has 1 aliphatic heterocycles. The molecule has 2 rings (SSSR count). The van der Waals surface area contributed by atoms with Gasteiger partial charge >= 0.3 is 0 Å². The highest BCUT2D eigenvalue weighted by atomic mass is 32.2. The van der Waals surface area contributed by atoms with E-state index in [-0.39, 0.29) is 6.10 Å². The van der Waals surface area contributed by atoms with Crippen molar-refractivity contribution in [3.63, 3.8) is 0 Å². The molecule has 0 bridgehead atoms. The van der Waals surface area contributed by atoms with Crippen LogP contribution in [0.5, 0.6) is 11.5 Å². The van der Waals surface area contributed by atoms with Crippen LogP contribution in [0.3, 0.4) is 0 Å². The highest BCUT2D eigenvalue weighted by Gasteiger charge is 2.18. The average Bonchev–Trinajstić information content (AvgIpc) is 2.39. The first-order chi connectivity index (χ1) is 8.35. The fourth-order valence-corrected chi connectivity index (χ4v) is 2.94. The zero-order valence-corrected chi connectivity index (χ0v) is 10.6. The third kappa shape index (κ3) is 2.86. The average molecular weight is 249 g/mol. The van der Waals surface area contributed by atoms with E-state index in [1.54, 1.807) is 13.2 Å². The Hall–Kier alpha value is -1.34. The molecule has 1 saturated heterocycles. The van der Waals surface area contributed by atoms with Crippen LogP contribution in [-0.4, -0.2) is 24.7 Å². The van der Waals surface area contributed by atoms with Gasteiger partial charge in [-0.1, -0.05) is 6.07 Å². The van der Waals surface area contributed by atoms with Gasteiger partial charge in [-0.2, -0.15) is 17.0 Å². The molecule has 0 spiro atoms. The Bertz CT molecular complexity index is 422. The van der Waals surface area contributed by atoms with Gasteiger partial charge in [-0.25, -0.2) is 0 Å². The van der Waals surface area contributed by atoms with Gasteiger partial charge < -0.3 is 9.47 Å². The fraction of sp³-hybridized carbons (Fsp3) is 0.462. The molecule has 0 unspecified atom stereocenters. The van der Waals surface area contributed by atoms with Crippen LogP contribution >= 0.6 is 11.8 Å². The number of nitriles is 1. The van der Waals surface area contributed by atoms with E-state index in [0.717, 1.165) is 24.3 Å². The third-order valence-electron chi connectivity index (χ3n) is 2.77. The van der Waals surface area contributed by atoms with Crippen LogP contribution in [-0.2, 0) is 0 Å². The Labute approximate surface area is 106 Å². The van der Waals surface area contributed by atoms with E-state index in [1.807, 2.05) is 23.9 Å². The van der Waals surface area contributed by atoms with E-state index in [4.69, 9.17) is 14.7 Å². The summed E-state index contributed by atoms with van der Waals surface area (Å²) in [7, 11) is 1.57. The summed E-state index contributed by atoms with van der Waals surface area (Å²) in [5.74, 6) is 3.52. The molecular weight excluding hydrogens is 234 g/mol. The summed E-state index contributed by atoms with van der Waals surface area (Å²) in [6.45, 7) is 0. The lowest BCUT2D eigenvalue weighted by atomic mass is 10.2. The summed E-state index contributed by atoms with van der Waals surface area (Å²) in [6, 6.07) is 7.54. The zero-order valence-electron chi connectivity index (χ0n) is 9.81. The van der Waals surface area contributed by atoms with Gasteiger partial charge in [-0.3, -0.25) is 0 Å². The molecule has 1 aromatic rings. The van der Waals surface area contributed by atoms with Crippen molar-refractivity contribution in [1.82, 2.24) is 0 Å². The number of nitrogens with zero attached hydrogens (tertiary/aromatic N) is 1. The predicted octanol–water partition coefficient (Wildman–Crippen LogP) is 2.84. The number of methoxy groups -OCH3 is 1. The molecule has 0 saturated carbocycles. The highest BCUT2D eigenvalue weighted by Crippen LogP contribution is 2.33. The van der Waals surface area contributed by atoms with Crippen LogP contribution in [0.15, 0.2) is 18.2 Å². The van der Waals surface area contributed by atoms with Gasteiger partial charge in [-0.15, -0.1) is 0 Å². The molecule has 1 aromatic carbocycles. The molecular formula is C13H15NO2S. The molecule has 1 aliphatic rings. The van der Waals surface area contributed by atoms with Crippen molar-refractivity contribution in [3.05, 3.63) is 23.8 Å². The van der Waals surface area contributed by atoms with Crippen molar-refractivity contribution in [2.75, 3.05) is 18.6 Å². The van der Waals surface area contributed by atoms with E-state index in [2.05, 4.69) is 6.07 Å². The van der Waals surface area contributed by atoms with Gasteiger partial charge in [0.1, 0.15) is 12.2 Å². The molecule has 0 N–H and O–H groups in total. The van der Waals surface area contributed by atoms with Crippen molar-refractivity contribution < 1.29 is 9.47 Å². The maximum atomic E-state index is 8.99. The Kier molecular flexibility index (Phi) is 4.16. The van der Waals surface area contributed by atoms with Gasteiger partial charge in [0.05, 0.1) is 12.7 Å². The summed E-state index contributed by atoms with van der Waals surface area (Å²) < 4.78 is 11.2. The Balaban J connectivity index is 2.17. The lowest BCUT2D eigenvalue weighted by Crippen LogP contribution is -2.22. The van der Waals surface area contributed by atoms with Crippen molar-refractivity contribution in [3.8, 4) is 17.6 Å². The van der Waals surface area contributed by atoms with E-state index in [9.17, 15) is 0 Å². The minimum atomic E-state index is 0.249. The van der Waals surface area contributed by atoms with E-state index >= 15 is 0 Å². The molecule has 90 valence electrons. The lowest BCUT2D eigenvalue weighted by Gasteiger charge is -2.23. The monoisotopic (exact) mass is 249 g/mol. The molecule has 0 atom stereocenters. The van der Waals surface area contributed by atoms with Gasteiger partial charge in [0.25, 0.3) is 0 Å². The first-order valence-corrected chi connectivity index (χ1v) is 6.82. The second kappa shape index (κ2) is 5.83. The number of thioether (sulfide) groups is 1. The second-order valence-electron chi connectivity index (χ2n) is 3.88. The van der Waals surface area contributed by atoms with Crippen LogP contribution in [0.2, 0.25) is 0 Å². The predicted molar refractivity (Wildman–Crippen MR) is 68.7 cm³/mol. The van der Waals surface area contributed by atoms with Crippen LogP contribution in [0.1, 0.15) is 18.4 Å². The number of rotatable bonds is 3. The molecule has 0 aliphatic carbocycles. The Morgan fingerprint density at radius 1 is 1.35 bits per heavy atom. The molecule has 0 amide bonds. The van der Waals surface area contributed by atoms with Gasteiger partial charge in [0.2, 0.25) is 0 Å². The van der Waals surface area contributed by atoms with Crippen molar-refractivity contribution in [1.29, 1.82) is 5.26 Å². The molecule has 17 heavy (non-hydrogen) atoms. The quantitative estimate of drug-likeness (QED) is 0.826. The number of para-hydroxylation sites is 1. The summed E-state index contributed by atoms with van der Waals surface area (Å²) in [5, 5.41) is 8.99. The maximum Gasteiger partial charge on any atom is 0.178 e. The molecule has 1 fully saturated rings. The van der Waals surface area contributed by atoms with Gasteiger partial charge in [-0.05, 0) is 36.5 Å². The SMILES string of the molecule is COc1c(C#N)cccc1OC1CCSCC1. The van der Waals surface area contributed by atoms with Crippen molar-refractivity contribution in [2.24, 2.45) is 0 Å². The Morgan fingerprint density at radius 2 is 2.12 bits per heavy atom. The van der Waals surface area contributed by atoms with Crippen LogP contribution in [0, 0.1) is 11.3 Å². The first kappa shape index (κ1) is 12.1. The molecule has 0 radical (unpaired) electrons. The number of ether oxygens (including phenoxy) is 2. The standard InChI is InChI=1S/C13H15NO2S/c1-15-13-10(9-14)3-2-4-12(13)16-11-5-7-17-8-6-11/h2-4,11H,5-8H2,1H3. The lowest BCUT2D eigenvalue weighted by molar-refractivity contribution is 0.184. The maximum absolute atomic E-state index is 8.99. The minimum absolute atomic E-state index is 0.249. The first-order valence-electron chi connectivity index (χ1n) is 5.66. The molecule has 3 nitrogen and oxygen atoms in total. The van der Waals surface area contributed by atoms with Crippen molar-refractivity contribution >= 4 is 11.8 Å². The Morgan fingerprint density at radius 3 is 2.76 bits per heavy atom. The summed E-state index contributed by atoms with van der Waals surface area (Å²) in [6.07, 6.45) is 2.37. The van der Waals surface area contributed by atoms with Crippen LogP contribution in [0.4, 0.5) is 0 Å². The fourth-order valence-electron chi connectivity index (χ4n) is 1.88. The van der Waals surface area contributed by atoms with E-state index in [1.165, 1.54) is 0 Å². The zero-order chi connectivity index (χ0) is 12.1. The van der Waals surface area contributed by atoms with Gasteiger partial charge in [0.15, 0.2) is 11.5 Å². The second-order valence-corrected chi connectivity index (χ2v) is 5.10. The number of hydrogen-bond acceptors (Lipinski definition) is 4. The summed E-state index contributed by atoms with van der Waals surface area (Å²) >= 11 is 1.96. The number of hydrogen-bond donors (Lipinski definition) is 0. The smallest absolute Gasteiger partial charge is 0.178 e. The van der Waals surface area contributed by atoms with Gasteiger partial charge in [0, 0.05) is 0 Å². The minimum Gasteiger partial charge on any atom is -0.492 e. The highest BCUT2D eigenvalue weighted by molar-refractivity contribution is 7.99. The van der Waals surface area contributed by atoms with Crippen LogP contribution < -0.4 is 9.47 Å². The molecule has 4 heteroatoms. The van der Waals surface area contributed by atoms with E-state index < -0.39 is 0 Å². The van der Waals surface area contributed by atoms with E-state index in [0.29, 0.717) is 17.1 Å². The largest absolute Gasteiger partial charge is 0.492 e. The molecule has 0 aromatic heterocycles. The summed E-state index contributed by atoms with van der Waals surface area (Å²) in [4.78, 5) is 0. The van der Waals surface area contributed by atoms with Crippen molar-refractivity contribution in [2.45, 2.75) is 18.9 Å². The summed E-state index contributed by atoms with van der Waals surface area (Å²) in [5.41, 5.74) is 0.523.